The summed E-state index contributed by atoms with van der Waals surface area (Å²) in [7, 11) is 0. The maximum absolute atomic E-state index is 9.12. The zero-order chi connectivity index (χ0) is 9.14. The smallest absolute Gasteiger partial charge is 0.134 e. The van der Waals surface area contributed by atoms with Crippen molar-refractivity contribution in [1.82, 2.24) is 0 Å². The van der Waals surface area contributed by atoms with Crippen molar-refractivity contribution in [1.29, 1.82) is 0 Å². The van der Waals surface area contributed by atoms with Gasteiger partial charge < -0.3 is 10.4 Å². The van der Waals surface area contributed by atoms with Gasteiger partial charge in [-0.2, -0.15) is 0 Å². The van der Waals surface area contributed by atoms with Crippen LogP contribution in [0.2, 0.25) is 5.02 Å². The van der Waals surface area contributed by atoms with Gasteiger partial charge in [-0.25, -0.2) is 0 Å². The molecule has 0 aliphatic rings. The summed E-state index contributed by atoms with van der Waals surface area (Å²) in [5.74, 6) is 0.117. The third-order valence-corrected chi connectivity index (χ3v) is 1.71. The highest BCUT2D eigenvalue weighted by Gasteiger charge is 1.99. The number of benzene rings is 1. The first-order chi connectivity index (χ1) is 5.59. The van der Waals surface area contributed by atoms with Crippen molar-refractivity contribution in [2.24, 2.45) is 0 Å². The highest BCUT2D eigenvalue weighted by Crippen LogP contribution is 2.26. The van der Waals surface area contributed by atoms with Crippen LogP contribution in [0.5, 0.6) is 5.75 Å². The van der Waals surface area contributed by atoms with E-state index in [0.717, 1.165) is 5.69 Å². The lowest BCUT2D eigenvalue weighted by atomic mass is 10.2. The highest BCUT2D eigenvalue weighted by atomic mass is 35.5. The van der Waals surface area contributed by atoms with E-state index in [-0.39, 0.29) is 5.75 Å². The SMILES string of the molecule is CC(C)Nc1ccc(O)c(Cl)c1. The number of rotatable bonds is 2. The first kappa shape index (κ1) is 9.20. The van der Waals surface area contributed by atoms with E-state index in [1.165, 1.54) is 0 Å². The Hall–Kier alpha value is -0.890. The van der Waals surface area contributed by atoms with E-state index in [9.17, 15) is 0 Å². The van der Waals surface area contributed by atoms with E-state index in [2.05, 4.69) is 5.32 Å². The van der Waals surface area contributed by atoms with Gasteiger partial charge in [0.1, 0.15) is 5.75 Å². The van der Waals surface area contributed by atoms with Gasteiger partial charge >= 0.3 is 0 Å². The Morgan fingerprint density at radius 3 is 2.58 bits per heavy atom. The van der Waals surface area contributed by atoms with Gasteiger partial charge in [-0.3, -0.25) is 0 Å². The molecule has 3 heteroatoms. The third-order valence-electron chi connectivity index (χ3n) is 1.40. The summed E-state index contributed by atoms with van der Waals surface area (Å²) in [4.78, 5) is 0. The van der Waals surface area contributed by atoms with Gasteiger partial charge in [-0.15, -0.1) is 0 Å². The molecule has 0 heterocycles. The van der Waals surface area contributed by atoms with E-state index < -0.39 is 0 Å². The summed E-state index contributed by atoms with van der Waals surface area (Å²) in [6.45, 7) is 4.08. The fraction of sp³-hybridized carbons (Fsp3) is 0.333. The van der Waals surface area contributed by atoms with Crippen LogP contribution >= 0.6 is 11.6 Å². The minimum atomic E-state index is 0.117. The molecule has 1 aromatic rings. The normalized spacial score (nSPS) is 10.3. The minimum Gasteiger partial charge on any atom is -0.506 e. The molecule has 0 aliphatic heterocycles. The molecule has 0 aliphatic carbocycles. The van der Waals surface area contributed by atoms with Crippen LogP contribution in [0.15, 0.2) is 18.2 Å². The van der Waals surface area contributed by atoms with E-state index in [1.54, 1.807) is 18.2 Å². The highest BCUT2D eigenvalue weighted by molar-refractivity contribution is 6.32. The number of halogens is 1. The Labute approximate surface area is 77.2 Å². The van der Waals surface area contributed by atoms with Gasteiger partial charge in [0.25, 0.3) is 0 Å². The molecule has 0 saturated carbocycles. The van der Waals surface area contributed by atoms with Crippen molar-refractivity contribution in [2.75, 3.05) is 5.32 Å². The largest absolute Gasteiger partial charge is 0.506 e. The van der Waals surface area contributed by atoms with Crippen LogP contribution in [0.25, 0.3) is 0 Å². The molecule has 2 nitrogen and oxygen atoms in total. The number of nitrogens with one attached hydrogen (secondary N) is 1. The van der Waals surface area contributed by atoms with Crippen LogP contribution in [0.4, 0.5) is 5.69 Å². The summed E-state index contributed by atoms with van der Waals surface area (Å²) in [5.41, 5.74) is 0.924. The lowest BCUT2D eigenvalue weighted by Crippen LogP contribution is -2.09. The summed E-state index contributed by atoms with van der Waals surface area (Å²) < 4.78 is 0. The van der Waals surface area contributed by atoms with Crippen molar-refractivity contribution >= 4 is 17.3 Å². The van der Waals surface area contributed by atoms with E-state index >= 15 is 0 Å². The molecule has 1 aromatic carbocycles. The van der Waals surface area contributed by atoms with Crippen molar-refractivity contribution in [3.05, 3.63) is 23.2 Å². The van der Waals surface area contributed by atoms with Gasteiger partial charge in [0.2, 0.25) is 0 Å². The molecular weight excluding hydrogens is 174 g/mol. The van der Waals surface area contributed by atoms with Crippen molar-refractivity contribution in [2.45, 2.75) is 19.9 Å². The molecule has 0 spiro atoms. The van der Waals surface area contributed by atoms with Crippen LogP contribution in [-0.2, 0) is 0 Å². The zero-order valence-electron chi connectivity index (χ0n) is 7.13. The van der Waals surface area contributed by atoms with Crippen LogP contribution in [0.3, 0.4) is 0 Å². The van der Waals surface area contributed by atoms with Crippen molar-refractivity contribution < 1.29 is 5.11 Å². The van der Waals surface area contributed by atoms with E-state index in [1.807, 2.05) is 13.8 Å². The van der Waals surface area contributed by atoms with Crippen LogP contribution in [0, 0.1) is 0 Å². The number of hydrogen-bond donors (Lipinski definition) is 2. The second kappa shape index (κ2) is 3.68. The summed E-state index contributed by atoms with van der Waals surface area (Å²) in [5, 5.41) is 12.7. The summed E-state index contributed by atoms with van der Waals surface area (Å²) in [6, 6.07) is 5.44. The fourth-order valence-electron chi connectivity index (χ4n) is 0.930. The average Bonchev–Trinajstić information content (AvgIpc) is 1.96. The Bertz CT molecular complexity index is 273. The van der Waals surface area contributed by atoms with Gasteiger partial charge in [0.05, 0.1) is 5.02 Å². The maximum atomic E-state index is 9.12. The molecule has 0 amide bonds. The lowest BCUT2D eigenvalue weighted by Gasteiger charge is -2.10. The molecule has 0 bridgehead atoms. The number of aromatic hydroxyl groups is 1. The summed E-state index contributed by atoms with van der Waals surface area (Å²) in [6.07, 6.45) is 0. The molecular formula is C9H12ClNO. The predicted molar refractivity (Wildman–Crippen MR) is 51.9 cm³/mol. The van der Waals surface area contributed by atoms with Gasteiger partial charge in [-0.1, -0.05) is 11.6 Å². The molecule has 0 atom stereocenters. The quantitative estimate of drug-likeness (QED) is 0.695. The summed E-state index contributed by atoms with van der Waals surface area (Å²) >= 11 is 5.71. The molecule has 0 radical (unpaired) electrons. The standard InChI is InChI=1S/C9H12ClNO/c1-6(2)11-7-3-4-9(12)8(10)5-7/h3-6,11-12H,1-2H3. The van der Waals surface area contributed by atoms with Crippen molar-refractivity contribution in [3.63, 3.8) is 0 Å². The molecule has 12 heavy (non-hydrogen) atoms. The topological polar surface area (TPSA) is 32.3 Å². The molecule has 2 N–H and O–H groups in total. The number of anilines is 1. The first-order valence-corrected chi connectivity index (χ1v) is 4.22. The molecule has 0 saturated heterocycles. The third kappa shape index (κ3) is 2.31. The molecule has 66 valence electrons. The van der Waals surface area contributed by atoms with Crippen molar-refractivity contribution in [3.8, 4) is 5.75 Å². The number of phenolic OH excluding ortho intramolecular Hbond substituents is 1. The van der Waals surface area contributed by atoms with Crippen LogP contribution in [0.1, 0.15) is 13.8 Å². The Kier molecular flexibility index (Phi) is 2.82. The minimum absolute atomic E-state index is 0.117. The van der Waals surface area contributed by atoms with Gasteiger partial charge in [0, 0.05) is 11.7 Å². The number of phenols is 1. The second-order valence-electron chi connectivity index (χ2n) is 2.97. The van der Waals surface area contributed by atoms with Gasteiger partial charge in [-0.05, 0) is 32.0 Å². The van der Waals surface area contributed by atoms with E-state index in [4.69, 9.17) is 16.7 Å². The predicted octanol–water partition coefficient (Wildman–Crippen LogP) is 2.87. The molecule has 0 aromatic heterocycles. The average molecular weight is 186 g/mol. The Balaban J connectivity index is 2.82. The van der Waals surface area contributed by atoms with Gasteiger partial charge in [0.15, 0.2) is 0 Å². The monoisotopic (exact) mass is 185 g/mol. The first-order valence-electron chi connectivity index (χ1n) is 3.84. The van der Waals surface area contributed by atoms with E-state index in [0.29, 0.717) is 11.1 Å². The Morgan fingerprint density at radius 1 is 1.42 bits per heavy atom. The lowest BCUT2D eigenvalue weighted by molar-refractivity contribution is 0.475. The zero-order valence-corrected chi connectivity index (χ0v) is 7.89. The molecule has 0 unspecified atom stereocenters. The Morgan fingerprint density at radius 2 is 2.08 bits per heavy atom. The molecule has 1 rings (SSSR count). The van der Waals surface area contributed by atoms with Crippen LogP contribution < -0.4 is 5.32 Å². The second-order valence-corrected chi connectivity index (χ2v) is 3.37. The van der Waals surface area contributed by atoms with Crippen LogP contribution in [-0.4, -0.2) is 11.1 Å². The fourth-order valence-corrected chi connectivity index (χ4v) is 1.11. The number of hydrogen-bond acceptors (Lipinski definition) is 2. The maximum Gasteiger partial charge on any atom is 0.134 e. The molecule has 0 fully saturated rings.